The first kappa shape index (κ1) is 16.6. The maximum atomic E-state index is 11.1. The van der Waals surface area contributed by atoms with Gasteiger partial charge in [-0.05, 0) is 12.1 Å². The fourth-order valence-corrected chi connectivity index (χ4v) is 1.02. The molecule has 19 heavy (non-hydrogen) atoms. The molecule has 0 spiro atoms. The summed E-state index contributed by atoms with van der Waals surface area (Å²) in [5.41, 5.74) is 0.0202. The lowest BCUT2D eigenvalue weighted by molar-refractivity contribution is -0.143. The fraction of sp³-hybridized carbons (Fsp3) is 0.250. The van der Waals surface area contributed by atoms with Crippen molar-refractivity contribution in [3.8, 4) is 0 Å². The van der Waals surface area contributed by atoms with E-state index in [0.29, 0.717) is 0 Å². The predicted octanol–water partition coefficient (Wildman–Crippen LogP) is 0.323. The van der Waals surface area contributed by atoms with Crippen LogP contribution in [0.4, 0.5) is 0 Å². The van der Waals surface area contributed by atoms with E-state index in [1.165, 1.54) is 26.4 Å². The molecule has 104 valence electrons. The molecule has 0 saturated carbocycles. The van der Waals surface area contributed by atoms with Crippen molar-refractivity contribution in [3.63, 3.8) is 0 Å². The number of hydrogen-bond donors (Lipinski definition) is 2. The summed E-state index contributed by atoms with van der Waals surface area (Å²) in [4.78, 5) is 31.4. The Kier molecular flexibility index (Phi) is 7.55. The SMILES string of the molecule is COC(=O)CO.COC(=O)c1ccccc1C(=O)O. The second kappa shape index (κ2) is 8.65. The lowest BCUT2D eigenvalue weighted by atomic mass is 10.1. The van der Waals surface area contributed by atoms with Crippen LogP contribution in [0.15, 0.2) is 24.3 Å². The summed E-state index contributed by atoms with van der Waals surface area (Å²) >= 11 is 0. The number of carbonyl (C=O) groups is 3. The summed E-state index contributed by atoms with van der Waals surface area (Å²) in [6, 6.07) is 5.90. The minimum Gasteiger partial charge on any atom is -0.478 e. The van der Waals surface area contributed by atoms with Crippen LogP contribution in [-0.2, 0) is 14.3 Å². The molecule has 0 heterocycles. The van der Waals surface area contributed by atoms with Gasteiger partial charge in [-0.25, -0.2) is 14.4 Å². The quantitative estimate of drug-likeness (QED) is 0.761. The van der Waals surface area contributed by atoms with Crippen molar-refractivity contribution in [2.75, 3.05) is 20.8 Å². The molecule has 0 aromatic heterocycles. The molecule has 0 aliphatic heterocycles. The summed E-state index contributed by atoms with van der Waals surface area (Å²) in [7, 11) is 2.43. The van der Waals surface area contributed by atoms with Gasteiger partial charge >= 0.3 is 17.9 Å². The highest BCUT2D eigenvalue weighted by atomic mass is 16.5. The Labute approximate surface area is 109 Å². The highest BCUT2D eigenvalue weighted by Gasteiger charge is 2.15. The monoisotopic (exact) mass is 270 g/mol. The Hall–Kier alpha value is -2.41. The molecule has 1 aromatic carbocycles. The molecule has 0 amide bonds. The van der Waals surface area contributed by atoms with Crippen LogP contribution in [0.25, 0.3) is 0 Å². The largest absolute Gasteiger partial charge is 0.478 e. The van der Waals surface area contributed by atoms with Crippen molar-refractivity contribution >= 4 is 17.9 Å². The van der Waals surface area contributed by atoms with Crippen molar-refractivity contribution in [3.05, 3.63) is 35.4 Å². The Morgan fingerprint density at radius 2 is 1.58 bits per heavy atom. The number of ether oxygens (including phenoxy) is 2. The van der Waals surface area contributed by atoms with Gasteiger partial charge in [0.05, 0.1) is 25.3 Å². The third-order valence-electron chi connectivity index (χ3n) is 1.92. The molecule has 0 atom stereocenters. The third-order valence-corrected chi connectivity index (χ3v) is 1.92. The summed E-state index contributed by atoms with van der Waals surface area (Å²) in [5, 5.41) is 16.6. The molecule has 0 radical (unpaired) electrons. The predicted molar refractivity (Wildman–Crippen MR) is 63.8 cm³/mol. The van der Waals surface area contributed by atoms with E-state index in [4.69, 9.17) is 10.2 Å². The number of methoxy groups -OCH3 is 2. The van der Waals surface area contributed by atoms with E-state index >= 15 is 0 Å². The topological polar surface area (TPSA) is 110 Å². The summed E-state index contributed by atoms with van der Waals surface area (Å²) in [6.45, 7) is -0.531. The normalized spacial score (nSPS) is 8.79. The van der Waals surface area contributed by atoms with E-state index < -0.39 is 24.5 Å². The lowest BCUT2D eigenvalue weighted by Gasteiger charge is -2.02. The van der Waals surface area contributed by atoms with Crippen LogP contribution in [0.2, 0.25) is 0 Å². The van der Waals surface area contributed by atoms with Crippen LogP contribution < -0.4 is 0 Å². The standard InChI is InChI=1S/C9H8O4.C3H6O3/c1-13-9(12)7-5-3-2-4-6(7)8(10)11;1-6-3(5)2-4/h2-5H,1H3,(H,10,11);4H,2H2,1H3. The molecular formula is C12H14O7. The molecule has 0 fully saturated rings. The van der Waals surface area contributed by atoms with E-state index in [1.807, 2.05) is 0 Å². The number of esters is 2. The number of carboxylic acid groups (broad SMARTS) is 1. The van der Waals surface area contributed by atoms with Gasteiger partial charge in [-0.3, -0.25) is 0 Å². The van der Waals surface area contributed by atoms with E-state index in [-0.39, 0.29) is 11.1 Å². The van der Waals surface area contributed by atoms with Gasteiger partial charge in [0.15, 0.2) is 0 Å². The molecule has 7 nitrogen and oxygen atoms in total. The van der Waals surface area contributed by atoms with Gasteiger partial charge < -0.3 is 19.7 Å². The summed E-state index contributed by atoms with van der Waals surface area (Å²) < 4.78 is 8.44. The van der Waals surface area contributed by atoms with E-state index in [9.17, 15) is 14.4 Å². The zero-order valence-corrected chi connectivity index (χ0v) is 10.5. The zero-order valence-electron chi connectivity index (χ0n) is 10.5. The molecule has 0 bridgehead atoms. The third kappa shape index (κ3) is 5.64. The average molecular weight is 270 g/mol. The average Bonchev–Trinajstić information content (AvgIpc) is 2.46. The smallest absolute Gasteiger partial charge is 0.338 e. The first-order chi connectivity index (χ1) is 8.97. The first-order valence-electron chi connectivity index (χ1n) is 5.06. The number of aliphatic hydroxyl groups excluding tert-OH is 1. The van der Waals surface area contributed by atoms with Crippen LogP contribution in [-0.4, -0.2) is 48.9 Å². The maximum Gasteiger partial charge on any atom is 0.338 e. The highest BCUT2D eigenvalue weighted by molar-refractivity contribution is 6.02. The number of carboxylic acids is 1. The number of aromatic carboxylic acids is 1. The van der Waals surface area contributed by atoms with Crippen LogP contribution >= 0.6 is 0 Å². The van der Waals surface area contributed by atoms with Crippen LogP contribution in [0.1, 0.15) is 20.7 Å². The number of carbonyl (C=O) groups excluding carboxylic acids is 2. The van der Waals surface area contributed by atoms with E-state index in [1.54, 1.807) is 12.1 Å². The molecule has 2 N–H and O–H groups in total. The molecule has 0 aliphatic rings. The molecule has 1 aromatic rings. The highest BCUT2D eigenvalue weighted by Crippen LogP contribution is 2.09. The van der Waals surface area contributed by atoms with Gasteiger partial charge in [0.1, 0.15) is 6.61 Å². The van der Waals surface area contributed by atoms with Gasteiger partial charge in [-0.2, -0.15) is 0 Å². The minimum absolute atomic E-state index is 0.0469. The van der Waals surface area contributed by atoms with Crippen LogP contribution in [0.3, 0.4) is 0 Å². The van der Waals surface area contributed by atoms with Gasteiger partial charge in [0, 0.05) is 0 Å². The van der Waals surface area contributed by atoms with Crippen molar-refractivity contribution in [2.45, 2.75) is 0 Å². The van der Waals surface area contributed by atoms with Gasteiger partial charge in [-0.1, -0.05) is 12.1 Å². The Balaban J connectivity index is 0.000000459. The number of rotatable bonds is 3. The van der Waals surface area contributed by atoms with Gasteiger partial charge in [0.25, 0.3) is 0 Å². The summed E-state index contributed by atoms with van der Waals surface area (Å²) in [5.74, 6) is -2.38. The second-order valence-electron chi connectivity index (χ2n) is 3.08. The van der Waals surface area contributed by atoms with Gasteiger partial charge in [-0.15, -0.1) is 0 Å². The van der Waals surface area contributed by atoms with Crippen molar-refractivity contribution in [2.24, 2.45) is 0 Å². The summed E-state index contributed by atoms with van der Waals surface area (Å²) in [6.07, 6.45) is 0. The zero-order chi connectivity index (χ0) is 14.8. The Morgan fingerprint density at radius 3 is 1.89 bits per heavy atom. The molecule has 1 rings (SSSR count). The van der Waals surface area contributed by atoms with Crippen LogP contribution in [0, 0.1) is 0 Å². The molecule has 0 saturated heterocycles. The van der Waals surface area contributed by atoms with E-state index in [0.717, 1.165) is 0 Å². The fourth-order valence-electron chi connectivity index (χ4n) is 1.02. The lowest BCUT2D eigenvalue weighted by Crippen LogP contribution is -2.09. The van der Waals surface area contributed by atoms with Crippen molar-refractivity contribution < 1.29 is 34.1 Å². The second-order valence-corrected chi connectivity index (χ2v) is 3.08. The molecule has 0 aliphatic carbocycles. The van der Waals surface area contributed by atoms with Crippen LogP contribution in [0.5, 0.6) is 0 Å². The number of hydrogen-bond acceptors (Lipinski definition) is 6. The first-order valence-corrected chi connectivity index (χ1v) is 5.06. The molecule has 7 heteroatoms. The number of benzene rings is 1. The minimum atomic E-state index is -1.14. The van der Waals surface area contributed by atoms with Crippen molar-refractivity contribution in [1.82, 2.24) is 0 Å². The van der Waals surface area contributed by atoms with E-state index in [2.05, 4.69) is 9.47 Å². The van der Waals surface area contributed by atoms with Crippen molar-refractivity contribution in [1.29, 1.82) is 0 Å². The van der Waals surface area contributed by atoms with Gasteiger partial charge in [0.2, 0.25) is 0 Å². The molecule has 0 unspecified atom stereocenters. The maximum absolute atomic E-state index is 11.1. The Morgan fingerprint density at radius 1 is 1.05 bits per heavy atom. The Bertz CT molecular complexity index is 447. The number of aliphatic hydroxyl groups is 1. The molecular weight excluding hydrogens is 256 g/mol.